The number of carbonyl (C=O) groups is 1. The third-order valence-corrected chi connectivity index (χ3v) is 5.33. The van der Waals surface area contributed by atoms with E-state index in [-0.39, 0.29) is 6.03 Å². The number of nitrogens with one attached hydrogen (secondary N) is 1. The molecule has 0 unspecified atom stereocenters. The Kier molecular flexibility index (Phi) is 5.96. The van der Waals surface area contributed by atoms with E-state index in [0.717, 1.165) is 54.9 Å². The van der Waals surface area contributed by atoms with Crippen LogP contribution in [0.25, 0.3) is 10.8 Å². The summed E-state index contributed by atoms with van der Waals surface area (Å²) in [5.74, 6) is 0.908. The molecule has 0 bridgehead atoms. The first-order chi connectivity index (χ1) is 14.2. The van der Waals surface area contributed by atoms with E-state index in [1.807, 2.05) is 54.3 Å². The highest BCUT2D eigenvalue weighted by Gasteiger charge is 2.21. The monoisotopic (exact) mass is 389 g/mol. The number of benzene rings is 3. The van der Waals surface area contributed by atoms with Crippen molar-refractivity contribution < 1.29 is 9.53 Å². The minimum atomic E-state index is -0.0259. The van der Waals surface area contributed by atoms with Crippen LogP contribution in [0.5, 0.6) is 5.75 Å². The minimum Gasteiger partial charge on any atom is -0.494 e. The lowest BCUT2D eigenvalue weighted by atomic mass is 10.1. The number of piperazine rings is 1. The summed E-state index contributed by atoms with van der Waals surface area (Å²) in [4.78, 5) is 17.0. The van der Waals surface area contributed by atoms with Crippen molar-refractivity contribution >= 4 is 22.5 Å². The van der Waals surface area contributed by atoms with Crippen LogP contribution in [0, 0.1) is 0 Å². The van der Waals surface area contributed by atoms with Gasteiger partial charge in [-0.3, -0.25) is 4.90 Å². The SMILES string of the molecule is CCOc1ccc(CN2CCN(C(=O)Nc3cccc4ccccc34)CC2)cc1. The Bertz CT molecular complexity index is 958. The van der Waals surface area contributed by atoms with Crippen LogP contribution in [0.4, 0.5) is 10.5 Å². The third-order valence-electron chi connectivity index (χ3n) is 5.33. The lowest BCUT2D eigenvalue weighted by Crippen LogP contribution is -2.49. The number of anilines is 1. The Hall–Kier alpha value is -3.05. The number of hydrogen-bond donors (Lipinski definition) is 1. The van der Waals surface area contributed by atoms with E-state index in [2.05, 4.69) is 34.5 Å². The van der Waals surface area contributed by atoms with Gasteiger partial charge < -0.3 is 15.0 Å². The fraction of sp³-hybridized carbons (Fsp3) is 0.292. The Labute approximate surface area is 171 Å². The molecule has 3 aromatic rings. The van der Waals surface area contributed by atoms with Gasteiger partial charge in [-0.25, -0.2) is 4.79 Å². The molecule has 1 saturated heterocycles. The van der Waals surface area contributed by atoms with E-state index in [1.165, 1.54) is 5.56 Å². The molecule has 0 saturated carbocycles. The molecular formula is C24H27N3O2. The van der Waals surface area contributed by atoms with Crippen LogP contribution in [0.3, 0.4) is 0 Å². The van der Waals surface area contributed by atoms with Crippen LogP contribution in [-0.4, -0.2) is 48.6 Å². The van der Waals surface area contributed by atoms with E-state index < -0.39 is 0 Å². The quantitative estimate of drug-likeness (QED) is 0.694. The first-order valence-electron chi connectivity index (χ1n) is 10.2. The number of rotatable bonds is 5. The molecule has 0 atom stereocenters. The van der Waals surface area contributed by atoms with Crippen molar-refractivity contribution in [1.29, 1.82) is 0 Å². The lowest BCUT2D eigenvalue weighted by molar-refractivity contribution is 0.143. The van der Waals surface area contributed by atoms with Crippen molar-refractivity contribution in [3.63, 3.8) is 0 Å². The zero-order valence-corrected chi connectivity index (χ0v) is 16.8. The molecule has 5 nitrogen and oxygen atoms in total. The highest BCUT2D eigenvalue weighted by Crippen LogP contribution is 2.23. The maximum Gasteiger partial charge on any atom is 0.321 e. The molecule has 5 heteroatoms. The molecule has 150 valence electrons. The summed E-state index contributed by atoms with van der Waals surface area (Å²) >= 11 is 0. The lowest BCUT2D eigenvalue weighted by Gasteiger charge is -2.34. The molecule has 1 N–H and O–H groups in total. The van der Waals surface area contributed by atoms with E-state index in [4.69, 9.17) is 4.74 Å². The Morgan fingerprint density at radius 2 is 1.66 bits per heavy atom. The highest BCUT2D eigenvalue weighted by atomic mass is 16.5. The van der Waals surface area contributed by atoms with Gasteiger partial charge in [0.05, 0.1) is 12.3 Å². The number of urea groups is 1. The standard InChI is InChI=1S/C24H27N3O2/c1-2-29-21-12-10-19(11-13-21)18-26-14-16-27(17-15-26)24(28)25-23-9-5-7-20-6-3-4-8-22(20)23/h3-13H,2,14-18H2,1H3,(H,25,28). The Morgan fingerprint density at radius 3 is 2.41 bits per heavy atom. The summed E-state index contributed by atoms with van der Waals surface area (Å²) < 4.78 is 5.50. The fourth-order valence-electron chi connectivity index (χ4n) is 3.75. The molecule has 1 fully saturated rings. The minimum absolute atomic E-state index is 0.0259. The molecular weight excluding hydrogens is 362 g/mol. The number of ether oxygens (including phenoxy) is 1. The van der Waals surface area contributed by atoms with Gasteiger partial charge in [0.2, 0.25) is 0 Å². The highest BCUT2D eigenvalue weighted by molar-refractivity contribution is 6.01. The first-order valence-corrected chi connectivity index (χ1v) is 10.2. The van der Waals surface area contributed by atoms with E-state index >= 15 is 0 Å². The van der Waals surface area contributed by atoms with Gasteiger partial charge in [-0.1, -0.05) is 48.5 Å². The molecule has 0 spiro atoms. The fourth-order valence-corrected chi connectivity index (χ4v) is 3.75. The molecule has 0 aliphatic carbocycles. The van der Waals surface area contributed by atoms with E-state index in [1.54, 1.807) is 0 Å². The van der Waals surface area contributed by atoms with Crippen molar-refractivity contribution in [2.24, 2.45) is 0 Å². The average molecular weight is 389 g/mol. The van der Waals surface area contributed by atoms with Gasteiger partial charge in [-0.15, -0.1) is 0 Å². The zero-order chi connectivity index (χ0) is 20.1. The van der Waals surface area contributed by atoms with Gasteiger partial charge in [-0.2, -0.15) is 0 Å². The topological polar surface area (TPSA) is 44.8 Å². The largest absolute Gasteiger partial charge is 0.494 e. The molecule has 3 aromatic carbocycles. The maximum absolute atomic E-state index is 12.8. The van der Waals surface area contributed by atoms with Crippen LogP contribution in [0.1, 0.15) is 12.5 Å². The molecule has 2 amide bonds. The summed E-state index contributed by atoms with van der Waals surface area (Å²) in [5.41, 5.74) is 2.13. The normalized spacial score (nSPS) is 14.7. The first kappa shape index (κ1) is 19.3. The molecule has 1 aliphatic rings. The second kappa shape index (κ2) is 8.97. The summed E-state index contributed by atoms with van der Waals surface area (Å²) in [5, 5.41) is 5.29. The molecule has 1 aliphatic heterocycles. The van der Waals surface area contributed by atoms with Crippen molar-refractivity contribution in [2.75, 3.05) is 38.1 Å². The van der Waals surface area contributed by atoms with Crippen molar-refractivity contribution in [1.82, 2.24) is 9.80 Å². The summed E-state index contributed by atoms with van der Waals surface area (Å²) in [7, 11) is 0. The van der Waals surface area contributed by atoms with E-state index in [9.17, 15) is 4.79 Å². The predicted molar refractivity (Wildman–Crippen MR) is 117 cm³/mol. The van der Waals surface area contributed by atoms with E-state index in [0.29, 0.717) is 6.61 Å². The second-order valence-corrected chi connectivity index (χ2v) is 7.30. The Balaban J connectivity index is 1.31. The number of carbonyl (C=O) groups excluding carboxylic acids is 1. The average Bonchev–Trinajstić information content (AvgIpc) is 2.76. The van der Waals surface area contributed by atoms with Gasteiger partial charge in [0.15, 0.2) is 0 Å². The molecule has 4 rings (SSSR count). The number of hydrogen-bond acceptors (Lipinski definition) is 3. The van der Waals surface area contributed by atoms with Crippen molar-refractivity contribution in [3.8, 4) is 5.75 Å². The third kappa shape index (κ3) is 4.69. The van der Waals surface area contributed by atoms with Crippen LogP contribution >= 0.6 is 0 Å². The number of fused-ring (bicyclic) bond motifs is 1. The summed E-state index contributed by atoms with van der Waals surface area (Å²) in [6.07, 6.45) is 0. The predicted octanol–water partition coefficient (Wildman–Crippen LogP) is 4.59. The van der Waals surface area contributed by atoms with Crippen LogP contribution in [-0.2, 0) is 6.54 Å². The molecule has 0 radical (unpaired) electrons. The molecule has 29 heavy (non-hydrogen) atoms. The smallest absolute Gasteiger partial charge is 0.321 e. The molecule has 1 heterocycles. The van der Waals surface area contributed by atoms with Gasteiger partial charge in [0, 0.05) is 38.1 Å². The summed E-state index contributed by atoms with van der Waals surface area (Å²) in [6.45, 7) is 6.77. The zero-order valence-electron chi connectivity index (χ0n) is 16.8. The van der Waals surface area contributed by atoms with Crippen molar-refractivity contribution in [2.45, 2.75) is 13.5 Å². The summed E-state index contributed by atoms with van der Waals surface area (Å²) in [6, 6.07) is 22.4. The Morgan fingerprint density at radius 1 is 0.931 bits per heavy atom. The van der Waals surface area contributed by atoms with Crippen LogP contribution in [0.2, 0.25) is 0 Å². The second-order valence-electron chi connectivity index (χ2n) is 7.30. The maximum atomic E-state index is 12.8. The van der Waals surface area contributed by atoms with Gasteiger partial charge in [0.25, 0.3) is 0 Å². The van der Waals surface area contributed by atoms with Gasteiger partial charge in [0.1, 0.15) is 5.75 Å². The van der Waals surface area contributed by atoms with Crippen LogP contribution < -0.4 is 10.1 Å². The van der Waals surface area contributed by atoms with Crippen molar-refractivity contribution in [3.05, 3.63) is 72.3 Å². The number of amides is 2. The van der Waals surface area contributed by atoms with Crippen LogP contribution in [0.15, 0.2) is 66.7 Å². The molecule has 0 aromatic heterocycles. The van der Waals surface area contributed by atoms with Gasteiger partial charge in [-0.05, 0) is 36.1 Å². The van der Waals surface area contributed by atoms with Gasteiger partial charge >= 0.3 is 6.03 Å². The number of nitrogens with zero attached hydrogens (tertiary/aromatic N) is 2.